The summed E-state index contributed by atoms with van der Waals surface area (Å²) in [5.41, 5.74) is 0.829. The van der Waals surface area contributed by atoms with Crippen molar-refractivity contribution < 1.29 is 18.0 Å². The average molecular weight is 339 g/mol. The number of amides is 2. The number of hydrogen-bond acceptors (Lipinski definition) is 4. The molecule has 7 nitrogen and oxygen atoms in total. The number of primary sulfonamides is 1. The van der Waals surface area contributed by atoms with Gasteiger partial charge in [-0.1, -0.05) is 12.1 Å². The number of hydrogen-bond donors (Lipinski definition) is 2. The van der Waals surface area contributed by atoms with Crippen molar-refractivity contribution in [3.63, 3.8) is 0 Å². The molecule has 1 aromatic carbocycles. The lowest BCUT2D eigenvalue weighted by molar-refractivity contribution is -0.119. The molecule has 2 rings (SSSR count). The van der Waals surface area contributed by atoms with Crippen LogP contribution in [0.25, 0.3) is 0 Å². The van der Waals surface area contributed by atoms with Crippen LogP contribution in [0.5, 0.6) is 0 Å². The third-order valence-corrected chi connectivity index (χ3v) is 5.17. The van der Waals surface area contributed by atoms with Crippen LogP contribution in [0.3, 0.4) is 0 Å². The van der Waals surface area contributed by atoms with Gasteiger partial charge in [0.25, 0.3) is 5.91 Å². The Morgan fingerprint density at radius 2 is 1.96 bits per heavy atom. The van der Waals surface area contributed by atoms with E-state index in [1.165, 1.54) is 11.8 Å². The highest BCUT2D eigenvalue weighted by atomic mass is 32.2. The van der Waals surface area contributed by atoms with Crippen LogP contribution in [0.1, 0.15) is 30.1 Å². The van der Waals surface area contributed by atoms with Crippen LogP contribution < -0.4 is 15.4 Å². The van der Waals surface area contributed by atoms with Crippen molar-refractivity contribution in [2.24, 2.45) is 11.1 Å². The minimum Gasteiger partial charge on any atom is -0.351 e. The van der Waals surface area contributed by atoms with Gasteiger partial charge in [0.15, 0.2) is 0 Å². The summed E-state index contributed by atoms with van der Waals surface area (Å²) in [6.45, 7) is 1.33. The molecule has 0 saturated heterocycles. The maximum absolute atomic E-state index is 12.3. The lowest BCUT2D eigenvalue weighted by Crippen LogP contribution is -2.38. The number of sulfonamides is 1. The molecule has 1 saturated carbocycles. The SMILES string of the molecule is CC(CNC(=O)c1ccccc1N(C)C(=O)C1CC1)S(N)(=O)=O. The molecule has 0 aliphatic heterocycles. The van der Waals surface area contributed by atoms with Crippen molar-refractivity contribution in [3.05, 3.63) is 29.8 Å². The lowest BCUT2D eigenvalue weighted by atomic mass is 10.1. The number of carbonyl (C=O) groups is 2. The number of rotatable bonds is 6. The van der Waals surface area contributed by atoms with E-state index in [-0.39, 0.29) is 18.4 Å². The van der Waals surface area contributed by atoms with Gasteiger partial charge in [-0.2, -0.15) is 0 Å². The summed E-state index contributed by atoms with van der Waals surface area (Å²) in [7, 11) is -2.06. The quantitative estimate of drug-likeness (QED) is 0.785. The van der Waals surface area contributed by atoms with Crippen LogP contribution in [-0.4, -0.2) is 39.1 Å². The standard InChI is InChI=1S/C15H21N3O4S/c1-10(23(16,21)22)9-17-14(19)12-5-3-4-6-13(12)18(2)15(20)11-7-8-11/h3-6,10-11H,7-9H2,1-2H3,(H,17,19)(H2,16,21,22). The maximum atomic E-state index is 12.3. The van der Waals surface area contributed by atoms with Crippen LogP contribution in [0, 0.1) is 5.92 Å². The van der Waals surface area contributed by atoms with Gasteiger partial charge < -0.3 is 10.2 Å². The molecule has 1 fully saturated rings. The predicted molar refractivity (Wildman–Crippen MR) is 87.5 cm³/mol. The Morgan fingerprint density at radius 1 is 1.35 bits per heavy atom. The second-order valence-electron chi connectivity index (χ2n) is 5.80. The number of para-hydroxylation sites is 1. The van der Waals surface area contributed by atoms with Crippen LogP contribution in [-0.2, 0) is 14.8 Å². The minimum absolute atomic E-state index is 0.0110. The van der Waals surface area contributed by atoms with E-state index in [4.69, 9.17) is 5.14 Å². The molecule has 3 N–H and O–H groups in total. The molecule has 1 atom stereocenters. The fourth-order valence-corrected chi connectivity index (χ4v) is 2.44. The highest BCUT2D eigenvalue weighted by molar-refractivity contribution is 7.89. The Kier molecular flexibility index (Phi) is 5.06. The third-order valence-electron chi connectivity index (χ3n) is 3.88. The summed E-state index contributed by atoms with van der Waals surface area (Å²) in [6.07, 6.45) is 1.76. The first-order chi connectivity index (χ1) is 10.7. The first-order valence-corrected chi connectivity index (χ1v) is 8.99. The molecule has 0 bridgehead atoms. The highest BCUT2D eigenvalue weighted by Crippen LogP contribution is 2.33. The first kappa shape index (κ1) is 17.4. The summed E-state index contributed by atoms with van der Waals surface area (Å²) in [5.74, 6) is -0.409. The molecular weight excluding hydrogens is 318 g/mol. The molecule has 1 aliphatic rings. The van der Waals surface area contributed by atoms with Crippen LogP contribution in [0.2, 0.25) is 0 Å². The van der Waals surface area contributed by atoms with Gasteiger partial charge in [-0.05, 0) is 31.9 Å². The summed E-state index contributed by atoms with van der Waals surface area (Å²) in [6, 6.07) is 6.73. The van der Waals surface area contributed by atoms with Crippen LogP contribution in [0.4, 0.5) is 5.69 Å². The molecule has 0 heterocycles. The molecule has 8 heteroatoms. The number of carbonyl (C=O) groups excluding carboxylic acids is 2. The van der Waals surface area contributed by atoms with Gasteiger partial charge >= 0.3 is 0 Å². The van der Waals surface area contributed by atoms with E-state index in [9.17, 15) is 18.0 Å². The van der Waals surface area contributed by atoms with Crippen molar-refractivity contribution in [2.75, 3.05) is 18.5 Å². The van der Waals surface area contributed by atoms with E-state index >= 15 is 0 Å². The van der Waals surface area contributed by atoms with E-state index < -0.39 is 21.2 Å². The zero-order chi connectivity index (χ0) is 17.2. The fourth-order valence-electron chi connectivity index (χ4n) is 2.13. The van der Waals surface area contributed by atoms with Crippen molar-refractivity contribution in [1.29, 1.82) is 0 Å². The summed E-state index contributed by atoms with van der Waals surface area (Å²) in [4.78, 5) is 26.0. The summed E-state index contributed by atoms with van der Waals surface area (Å²) < 4.78 is 22.4. The van der Waals surface area contributed by atoms with Crippen LogP contribution >= 0.6 is 0 Å². The van der Waals surface area contributed by atoms with E-state index in [0.29, 0.717) is 11.3 Å². The van der Waals surface area contributed by atoms with E-state index in [0.717, 1.165) is 12.8 Å². The van der Waals surface area contributed by atoms with Gasteiger partial charge in [-0.3, -0.25) is 9.59 Å². The highest BCUT2D eigenvalue weighted by Gasteiger charge is 2.33. The summed E-state index contributed by atoms with van der Waals surface area (Å²) >= 11 is 0. The van der Waals surface area contributed by atoms with Crippen molar-refractivity contribution in [2.45, 2.75) is 25.0 Å². The number of nitrogens with one attached hydrogen (secondary N) is 1. The molecule has 1 unspecified atom stereocenters. The van der Waals surface area contributed by atoms with Crippen molar-refractivity contribution in [1.82, 2.24) is 5.32 Å². The molecule has 23 heavy (non-hydrogen) atoms. The first-order valence-electron chi connectivity index (χ1n) is 7.38. The molecule has 2 amide bonds. The second-order valence-corrected chi connectivity index (χ2v) is 7.78. The number of benzene rings is 1. The molecule has 126 valence electrons. The summed E-state index contributed by atoms with van der Waals surface area (Å²) in [5, 5.41) is 6.69. The van der Waals surface area contributed by atoms with Gasteiger partial charge in [0, 0.05) is 19.5 Å². The lowest BCUT2D eigenvalue weighted by Gasteiger charge is -2.20. The second kappa shape index (κ2) is 6.67. The maximum Gasteiger partial charge on any atom is 0.253 e. The smallest absolute Gasteiger partial charge is 0.253 e. The zero-order valence-electron chi connectivity index (χ0n) is 13.2. The zero-order valence-corrected chi connectivity index (χ0v) is 14.0. The molecule has 1 aromatic rings. The van der Waals surface area contributed by atoms with Gasteiger partial charge in [0.1, 0.15) is 0 Å². The largest absolute Gasteiger partial charge is 0.351 e. The monoisotopic (exact) mass is 339 g/mol. The Morgan fingerprint density at radius 3 is 2.52 bits per heavy atom. The Bertz CT molecular complexity index is 713. The van der Waals surface area contributed by atoms with Gasteiger partial charge in [0.05, 0.1) is 16.5 Å². The molecule has 0 radical (unpaired) electrons. The van der Waals surface area contributed by atoms with Crippen molar-refractivity contribution in [3.8, 4) is 0 Å². The Hall–Kier alpha value is -1.93. The fraction of sp³-hybridized carbons (Fsp3) is 0.467. The van der Waals surface area contributed by atoms with E-state index in [1.807, 2.05) is 0 Å². The average Bonchev–Trinajstić information content (AvgIpc) is 3.34. The number of nitrogens with zero attached hydrogens (tertiary/aromatic N) is 1. The normalized spacial score (nSPS) is 15.8. The predicted octanol–water partition coefficient (Wildman–Crippen LogP) is 0.466. The van der Waals surface area contributed by atoms with E-state index in [2.05, 4.69) is 5.32 Å². The molecule has 0 spiro atoms. The topological polar surface area (TPSA) is 110 Å². The third kappa shape index (κ3) is 4.29. The van der Waals surface area contributed by atoms with E-state index in [1.54, 1.807) is 31.3 Å². The van der Waals surface area contributed by atoms with Gasteiger partial charge in [-0.25, -0.2) is 13.6 Å². The van der Waals surface area contributed by atoms with Gasteiger partial charge in [0.2, 0.25) is 15.9 Å². The molecule has 1 aliphatic carbocycles. The Balaban J connectivity index is 2.13. The van der Waals surface area contributed by atoms with Gasteiger partial charge in [-0.15, -0.1) is 0 Å². The molecular formula is C15H21N3O4S. The van der Waals surface area contributed by atoms with Crippen molar-refractivity contribution >= 4 is 27.5 Å². The number of anilines is 1. The minimum atomic E-state index is -3.70. The molecule has 0 aromatic heterocycles. The van der Waals surface area contributed by atoms with Crippen LogP contribution in [0.15, 0.2) is 24.3 Å². The number of nitrogens with two attached hydrogens (primary N) is 1. The Labute approximate surface area is 135 Å².